The molecule has 0 aromatic heterocycles. The summed E-state index contributed by atoms with van der Waals surface area (Å²) in [6, 6.07) is 5.88. The number of carbonyl (C=O) groups is 1. The number of hydrogen-bond acceptors (Lipinski definition) is 2. The van der Waals surface area contributed by atoms with Crippen LogP contribution in [0.2, 0.25) is 0 Å². The normalized spacial score (nSPS) is 24.1. The summed E-state index contributed by atoms with van der Waals surface area (Å²) >= 11 is 0. The van der Waals surface area contributed by atoms with Crippen molar-refractivity contribution in [2.24, 2.45) is 5.92 Å². The van der Waals surface area contributed by atoms with Crippen molar-refractivity contribution < 1.29 is 4.79 Å². The predicted molar refractivity (Wildman–Crippen MR) is 74.5 cm³/mol. The molecule has 2 N–H and O–H groups in total. The van der Waals surface area contributed by atoms with E-state index in [1.165, 1.54) is 6.42 Å². The van der Waals surface area contributed by atoms with Crippen molar-refractivity contribution >= 4 is 11.6 Å². The Labute approximate surface area is 109 Å². The minimum atomic E-state index is 0.124. The lowest BCUT2D eigenvalue weighted by molar-refractivity contribution is 0.0550. The Bertz CT molecular complexity index is 456. The van der Waals surface area contributed by atoms with Crippen molar-refractivity contribution in [2.45, 2.75) is 39.7 Å². The van der Waals surface area contributed by atoms with Gasteiger partial charge in [-0.2, -0.15) is 0 Å². The summed E-state index contributed by atoms with van der Waals surface area (Å²) < 4.78 is 0. The molecule has 1 aliphatic rings. The number of benzene rings is 1. The van der Waals surface area contributed by atoms with E-state index < -0.39 is 0 Å². The second-order valence-corrected chi connectivity index (χ2v) is 5.38. The highest BCUT2D eigenvalue weighted by molar-refractivity contribution is 5.97. The third kappa shape index (κ3) is 2.22. The zero-order chi connectivity index (χ0) is 13.3. The second kappa shape index (κ2) is 5.01. The van der Waals surface area contributed by atoms with E-state index in [0.717, 1.165) is 24.1 Å². The van der Waals surface area contributed by atoms with Crippen molar-refractivity contribution in [1.29, 1.82) is 0 Å². The number of nitrogens with two attached hydrogens (primary N) is 1. The molecule has 2 atom stereocenters. The Balaban J connectivity index is 2.28. The number of hydrogen-bond donors (Lipinski definition) is 1. The van der Waals surface area contributed by atoms with Gasteiger partial charge in [-0.3, -0.25) is 4.79 Å². The number of anilines is 1. The molecule has 2 rings (SSSR count). The highest BCUT2D eigenvalue weighted by Crippen LogP contribution is 2.26. The van der Waals surface area contributed by atoms with Gasteiger partial charge in [0.2, 0.25) is 0 Å². The fraction of sp³-hybridized carbons (Fsp3) is 0.533. The van der Waals surface area contributed by atoms with E-state index in [9.17, 15) is 4.79 Å². The lowest BCUT2D eigenvalue weighted by Crippen LogP contribution is -2.46. The Morgan fingerprint density at radius 1 is 1.39 bits per heavy atom. The molecule has 1 fully saturated rings. The van der Waals surface area contributed by atoms with E-state index in [1.54, 1.807) is 0 Å². The molecule has 1 heterocycles. The summed E-state index contributed by atoms with van der Waals surface area (Å²) in [5.41, 5.74) is 8.21. The lowest BCUT2D eigenvalue weighted by atomic mass is 9.91. The third-order valence-electron chi connectivity index (χ3n) is 4.24. The maximum Gasteiger partial charge on any atom is 0.254 e. The topological polar surface area (TPSA) is 46.3 Å². The molecule has 3 nitrogen and oxygen atoms in total. The Morgan fingerprint density at radius 3 is 2.83 bits per heavy atom. The van der Waals surface area contributed by atoms with Crippen LogP contribution in [0.25, 0.3) is 0 Å². The van der Waals surface area contributed by atoms with Crippen LogP contribution in [0.3, 0.4) is 0 Å². The van der Waals surface area contributed by atoms with E-state index in [0.29, 0.717) is 17.6 Å². The average Bonchev–Trinajstić information content (AvgIpc) is 2.35. The number of likely N-dealkylation sites (tertiary alicyclic amines) is 1. The fourth-order valence-electron chi connectivity index (χ4n) is 2.66. The maximum atomic E-state index is 12.6. The molecule has 0 saturated carbocycles. The summed E-state index contributed by atoms with van der Waals surface area (Å²) in [5.74, 6) is 0.697. The molecule has 0 radical (unpaired) electrons. The first-order valence-corrected chi connectivity index (χ1v) is 6.68. The van der Waals surface area contributed by atoms with Crippen LogP contribution in [0.15, 0.2) is 18.2 Å². The molecular formula is C15H22N2O. The summed E-state index contributed by atoms with van der Waals surface area (Å²) in [7, 11) is 0. The SMILES string of the molecule is Cc1c(N)cccc1C(=O)N1CCCC(C)C1C. The molecule has 2 unspecified atom stereocenters. The molecule has 3 heteroatoms. The Morgan fingerprint density at radius 2 is 2.11 bits per heavy atom. The first kappa shape index (κ1) is 12.9. The summed E-state index contributed by atoms with van der Waals surface area (Å²) in [5, 5.41) is 0. The highest BCUT2D eigenvalue weighted by Gasteiger charge is 2.29. The van der Waals surface area contributed by atoms with E-state index >= 15 is 0 Å². The summed E-state index contributed by atoms with van der Waals surface area (Å²) in [6.45, 7) is 7.14. The van der Waals surface area contributed by atoms with E-state index in [-0.39, 0.29) is 5.91 Å². The Kier molecular flexibility index (Phi) is 3.60. The van der Waals surface area contributed by atoms with Gasteiger partial charge < -0.3 is 10.6 Å². The molecule has 0 spiro atoms. The van der Waals surface area contributed by atoms with Gasteiger partial charge in [0.05, 0.1) is 0 Å². The van der Waals surface area contributed by atoms with Crippen LogP contribution in [0.4, 0.5) is 5.69 Å². The molecule has 98 valence electrons. The van der Waals surface area contributed by atoms with Gasteiger partial charge in [-0.05, 0) is 50.3 Å². The van der Waals surface area contributed by atoms with Gasteiger partial charge in [0.15, 0.2) is 0 Å². The smallest absolute Gasteiger partial charge is 0.254 e. The molecule has 1 aliphatic heterocycles. The summed E-state index contributed by atoms with van der Waals surface area (Å²) in [4.78, 5) is 14.6. The second-order valence-electron chi connectivity index (χ2n) is 5.38. The Hall–Kier alpha value is -1.51. The van der Waals surface area contributed by atoms with Gasteiger partial charge in [-0.15, -0.1) is 0 Å². The maximum absolute atomic E-state index is 12.6. The fourth-order valence-corrected chi connectivity index (χ4v) is 2.66. The predicted octanol–water partition coefficient (Wildman–Crippen LogP) is 2.84. The van der Waals surface area contributed by atoms with Crippen LogP contribution >= 0.6 is 0 Å². The molecule has 18 heavy (non-hydrogen) atoms. The molecule has 0 aliphatic carbocycles. The molecule has 1 amide bonds. The van der Waals surface area contributed by atoms with Crippen LogP contribution in [0.1, 0.15) is 42.6 Å². The van der Waals surface area contributed by atoms with Crippen LogP contribution in [0.5, 0.6) is 0 Å². The molecule has 1 aromatic rings. The number of amides is 1. The van der Waals surface area contributed by atoms with Crippen LogP contribution in [-0.2, 0) is 0 Å². The first-order valence-electron chi connectivity index (χ1n) is 6.68. The molecule has 1 saturated heterocycles. The van der Waals surface area contributed by atoms with Gasteiger partial charge in [0.25, 0.3) is 5.91 Å². The van der Waals surface area contributed by atoms with E-state index in [4.69, 9.17) is 5.73 Å². The van der Waals surface area contributed by atoms with Crippen molar-refractivity contribution in [3.8, 4) is 0 Å². The van der Waals surface area contributed by atoms with Gasteiger partial charge in [0, 0.05) is 23.8 Å². The first-order chi connectivity index (χ1) is 8.52. The molecule has 0 bridgehead atoms. The van der Waals surface area contributed by atoms with E-state index in [1.807, 2.05) is 30.0 Å². The quantitative estimate of drug-likeness (QED) is 0.774. The monoisotopic (exact) mass is 246 g/mol. The van der Waals surface area contributed by atoms with Crippen LogP contribution < -0.4 is 5.73 Å². The van der Waals surface area contributed by atoms with Gasteiger partial charge >= 0.3 is 0 Å². The van der Waals surface area contributed by atoms with Gasteiger partial charge in [-0.1, -0.05) is 13.0 Å². The lowest BCUT2D eigenvalue weighted by Gasteiger charge is -2.38. The van der Waals surface area contributed by atoms with Gasteiger partial charge in [-0.25, -0.2) is 0 Å². The van der Waals surface area contributed by atoms with Crippen molar-refractivity contribution in [2.75, 3.05) is 12.3 Å². The van der Waals surface area contributed by atoms with Crippen molar-refractivity contribution in [3.05, 3.63) is 29.3 Å². The minimum Gasteiger partial charge on any atom is -0.398 e. The standard InChI is InChI=1S/C15H22N2O/c1-10-6-5-9-17(12(10)3)15(18)13-7-4-8-14(16)11(13)2/h4,7-8,10,12H,5-6,9,16H2,1-3H3. The number of nitrogens with zero attached hydrogens (tertiary/aromatic N) is 1. The number of rotatable bonds is 1. The third-order valence-corrected chi connectivity index (χ3v) is 4.24. The summed E-state index contributed by atoms with van der Waals surface area (Å²) in [6.07, 6.45) is 2.31. The van der Waals surface area contributed by atoms with Crippen LogP contribution in [-0.4, -0.2) is 23.4 Å². The van der Waals surface area contributed by atoms with Crippen molar-refractivity contribution in [1.82, 2.24) is 4.90 Å². The number of piperidine rings is 1. The highest BCUT2D eigenvalue weighted by atomic mass is 16.2. The number of nitrogen functional groups attached to an aromatic ring is 1. The molecular weight excluding hydrogens is 224 g/mol. The largest absolute Gasteiger partial charge is 0.398 e. The number of carbonyl (C=O) groups excluding carboxylic acids is 1. The van der Waals surface area contributed by atoms with E-state index in [2.05, 4.69) is 13.8 Å². The van der Waals surface area contributed by atoms with Crippen molar-refractivity contribution in [3.63, 3.8) is 0 Å². The average molecular weight is 246 g/mol. The zero-order valence-corrected chi connectivity index (χ0v) is 11.4. The van der Waals surface area contributed by atoms with Crippen LogP contribution in [0, 0.1) is 12.8 Å². The molecule has 1 aromatic carbocycles. The zero-order valence-electron chi connectivity index (χ0n) is 11.4. The van der Waals surface area contributed by atoms with Gasteiger partial charge in [0.1, 0.15) is 0 Å². The minimum absolute atomic E-state index is 0.124.